The van der Waals surface area contributed by atoms with Gasteiger partial charge < -0.3 is 4.57 Å². The largest absolute Gasteiger partial charge is 0.342 e. The number of imide groups is 2. The van der Waals surface area contributed by atoms with E-state index >= 15 is 0 Å². The van der Waals surface area contributed by atoms with Crippen LogP contribution in [-0.4, -0.2) is 22.4 Å². The van der Waals surface area contributed by atoms with Gasteiger partial charge in [-0.15, -0.1) is 0 Å². The van der Waals surface area contributed by atoms with Gasteiger partial charge >= 0.3 is 6.03 Å². The summed E-state index contributed by atoms with van der Waals surface area (Å²) < 4.78 is 2.10. The number of benzene rings is 3. The topological polar surface area (TPSA) is 71.4 Å². The number of anilines is 1. The van der Waals surface area contributed by atoms with Crippen LogP contribution in [0.1, 0.15) is 27.8 Å². The number of hydrogen-bond donors (Lipinski definition) is 1. The number of rotatable bonds is 4. The lowest BCUT2D eigenvalue weighted by Crippen LogP contribution is -2.54. The lowest BCUT2D eigenvalue weighted by atomic mass is 10.0. The monoisotopic (exact) mass is 463 g/mol. The number of amides is 4. The van der Waals surface area contributed by atoms with Gasteiger partial charge in [-0.25, -0.2) is 9.69 Å². The van der Waals surface area contributed by atoms with Crippen LogP contribution >= 0.6 is 0 Å². The Balaban J connectivity index is 1.60. The lowest BCUT2D eigenvalue weighted by molar-refractivity contribution is -0.122. The van der Waals surface area contributed by atoms with E-state index in [0.29, 0.717) is 12.2 Å². The Hall–Kier alpha value is -4.45. The van der Waals surface area contributed by atoms with Gasteiger partial charge in [0, 0.05) is 29.2 Å². The number of hydrogen-bond acceptors (Lipinski definition) is 3. The maximum absolute atomic E-state index is 13.5. The molecule has 4 aromatic rings. The van der Waals surface area contributed by atoms with Crippen LogP contribution in [0.25, 0.3) is 17.0 Å². The van der Waals surface area contributed by atoms with Crippen LogP contribution in [-0.2, 0) is 16.1 Å². The number of carbonyl (C=O) groups is 3. The van der Waals surface area contributed by atoms with Gasteiger partial charge in [-0.3, -0.25) is 14.9 Å². The highest BCUT2D eigenvalue weighted by Crippen LogP contribution is 2.31. The summed E-state index contributed by atoms with van der Waals surface area (Å²) >= 11 is 0. The van der Waals surface area contributed by atoms with Crippen molar-refractivity contribution in [2.75, 3.05) is 4.90 Å². The zero-order valence-corrected chi connectivity index (χ0v) is 19.8. The molecule has 0 unspecified atom stereocenters. The third-order valence-corrected chi connectivity index (χ3v) is 6.28. The lowest BCUT2D eigenvalue weighted by Gasteiger charge is -2.29. The van der Waals surface area contributed by atoms with E-state index in [1.165, 1.54) is 0 Å². The fraction of sp³-hybridized carbons (Fsp3) is 0.138. The summed E-state index contributed by atoms with van der Waals surface area (Å²) in [6, 6.07) is 21.0. The molecule has 1 aromatic heterocycles. The van der Waals surface area contributed by atoms with E-state index in [9.17, 15) is 14.4 Å². The fourth-order valence-electron chi connectivity index (χ4n) is 4.84. The molecule has 6 nitrogen and oxygen atoms in total. The molecule has 2 heterocycles. The number of barbiturate groups is 1. The number of aryl methyl sites for hydroxylation is 3. The molecule has 0 aliphatic carbocycles. The van der Waals surface area contributed by atoms with Crippen molar-refractivity contribution in [3.05, 3.63) is 106 Å². The summed E-state index contributed by atoms with van der Waals surface area (Å²) in [6.45, 7) is 6.32. The highest BCUT2D eigenvalue weighted by Gasteiger charge is 2.38. The van der Waals surface area contributed by atoms with E-state index in [1.807, 2.05) is 81.6 Å². The quantitative estimate of drug-likeness (QED) is 0.331. The molecule has 0 radical (unpaired) electrons. The van der Waals surface area contributed by atoms with Gasteiger partial charge in [-0.05, 0) is 49.6 Å². The van der Waals surface area contributed by atoms with Crippen molar-refractivity contribution in [2.45, 2.75) is 27.3 Å². The minimum absolute atomic E-state index is 0.0772. The Bertz CT molecular complexity index is 1510. The molecule has 174 valence electrons. The van der Waals surface area contributed by atoms with Gasteiger partial charge in [0.15, 0.2) is 0 Å². The molecule has 1 aliphatic rings. The predicted octanol–water partition coefficient (Wildman–Crippen LogP) is 5.28. The second kappa shape index (κ2) is 8.72. The first-order valence-electron chi connectivity index (χ1n) is 11.4. The maximum Gasteiger partial charge on any atom is 0.335 e. The Kier molecular flexibility index (Phi) is 5.57. The third kappa shape index (κ3) is 4.04. The number of fused-ring (bicyclic) bond motifs is 1. The Labute approximate surface area is 203 Å². The van der Waals surface area contributed by atoms with Crippen LogP contribution in [0.15, 0.2) is 78.5 Å². The normalized spacial score (nSPS) is 15.2. The second-order valence-corrected chi connectivity index (χ2v) is 8.92. The molecule has 1 N–H and O–H groups in total. The minimum atomic E-state index is -0.737. The number of nitrogens with one attached hydrogen (secondary N) is 1. The molecule has 1 saturated heterocycles. The fourth-order valence-corrected chi connectivity index (χ4v) is 4.84. The highest BCUT2D eigenvalue weighted by molar-refractivity contribution is 6.39. The number of urea groups is 1. The summed E-state index contributed by atoms with van der Waals surface area (Å²) in [5.74, 6) is -1.33. The van der Waals surface area contributed by atoms with Crippen molar-refractivity contribution in [3.8, 4) is 0 Å². The zero-order chi connectivity index (χ0) is 24.7. The first kappa shape index (κ1) is 22.3. The van der Waals surface area contributed by atoms with Crippen molar-refractivity contribution in [2.24, 2.45) is 0 Å². The first-order valence-corrected chi connectivity index (χ1v) is 11.4. The number of para-hydroxylation sites is 1. The molecule has 1 fully saturated rings. The van der Waals surface area contributed by atoms with Crippen molar-refractivity contribution in [1.29, 1.82) is 0 Å². The standard InChI is InChI=1S/C29H25N3O3/c1-18-13-19(2)26(20(3)14-18)32-28(34)24(27(33)30-29(32)35)15-22-17-31(16-21-9-5-4-6-10-21)25-12-8-7-11-23(22)25/h4-15,17H,16H2,1-3H3,(H,30,33,35)/b24-15-. The van der Waals surface area contributed by atoms with Gasteiger partial charge in [0.05, 0.1) is 5.69 Å². The third-order valence-electron chi connectivity index (χ3n) is 6.28. The smallest absolute Gasteiger partial charge is 0.335 e. The van der Waals surface area contributed by atoms with Crippen LogP contribution in [0.3, 0.4) is 0 Å². The minimum Gasteiger partial charge on any atom is -0.342 e. The van der Waals surface area contributed by atoms with E-state index in [4.69, 9.17) is 0 Å². The van der Waals surface area contributed by atoms with Crippen molar-refractivity contribution < 1.29 is 14.4 Å². The average molecular weight is 464 g/mol. The van der Waals surface area contributed by atoms with Gasteiger partial charge in [0.25, 0.3) is 11.8 Å². The Morgan fingerprint density at radius 1 is 0.857 bits per heavy atom. The summed E-state index contributed by atoms with van der Waals surface area (Å²) in [4.78, 5) is 40.2. The molecule has 1 aliphatic heterocycles. The van der Waals surface area contributed by atoms with E-state index in [1.54, 1.807) is 6.08 Å². The summed E-state index contributed by atoms with van der Waals surface area (Å²) in [6.07, 6.45) is 3.52. The molecular weight excluding hydrogens is 438 g/mol. The van der Waals surface area contributed by atoms with E-state index in [2.05, 4.69) is 22.0 Å². The zero-order valence-electron chi connectivity index (χ0n) is 19.8. The molecule has 35 heavy (non-hydrogen) atoms. The molecule has 4 amide bonds. The Morgan fingerprint density at radius 2 is 1.51 bits per heavy atom. The second-order valence-electron chi connectivity index (χ2n) is 8.92. The number of carbonyl (C=O) groups excluding carboxylic acids is 3. The van der Waals surface area contributed by atoms with Crippen LogP contribution in [0.4, 0.5) is 10.5 Å². The van der Waals surface area contributed by atoms with Crippen molar-refractivity contribution >= 4 is 40.5 Å². The van der Waals surface area contributed by atoms with Crippen molar-refractivity contribution in [1.82, 2.24) is 9.88 Å². The van der Waals surface area contributed by atoms with Crippen LogP contribution in [0.2, 0.25) is 0 Å². The van der Waals surface area contributed by atoms with Gasteiger partial charge in [-0.2, -0.15) is 0 Å². The molecule has 0 atom stereocenters. The van der Waals surface area contributed by atoms with Crippen LogP contribution in [0.5, 0.6) is 0 Å². The molecule has 0 spiro atoms. The molecule has 6 heteroatoms. The van der Waals surface area contributed by atoms with E-state index in [-0.39, 0.29) is 5.57 Å². The SMILES string of the molecule is Cc1cc(C)c(N2C(=O)NC(=O)/C(=C/c3cn(Cc4ccccc4)c4ccccc34)C2=O)c(C)c1. The van der Waals surface area contributed by atoms with Crippen molar-refractivity contribution in [3.63, 3.8) is 0 Å². The van der Waals surface area contributed by atoms with Gasteiger partial charge in [0.1, 0.15) is 5.57 Å². The van der Waals surface area contributed by atoms with Crippen LogP contribution in [0, 0.1) is 20.8 Å². The van der Waals surface area contributed by atoms with E-state index in [0.717, 1.165) is 43.6 Å². The molecule has 3 aromatic carbocycles. The van der Waals surface area contributed by atoms with Crippen LogP contribution < -0.4 is 10.2 Å². The summed E-state index contributed by atoms with van der Waals surface area (Å²) in [5.41, 5.74) is 5.91. The number of nitrogens with zero attached hydrogens (tertiary/aromatic N) is 2. The average Bonchev–Trinajstić information content (AvgIpc) is 3.16. The van der Waals surface area contributed by atoms with Gasteiger partial charge in [-0.1, -0.05) is 66.2 Å². The molecule has 0 bridgehead atoms. The highest BCUT2D eigenvalue weighted by atomic mass is 16.2. The first-order chi connectivity index (χ1) is 16.8. The predicted molar refractivity (Wildman–Crippen MR) is 137 cm³/mol. The Morgan fingerprint density at radius 3 is 2.23 bits per heavy atom. The summed E-state index contributed by atoms with van der Waals surface area (Å²) in [5, 5.41) is 3.26. The van der Waals surface area contributed by atoms with Gasteiger partial charge in [0.2, 0.25) is 0 Å². The molecule has 0 saturated carbocycles. The molecular formula is C29H25N3O3. The maximum atomic E-state index is 13.5. The molecule has 5 rings (SSSR count). The number of aromatic nitrogens is 1. The van der Waals surface area contributed by atoms with E-state index < -0.39 is 17.8 Å². The summed E-state index contributed by atoms with van der Waals surface area (Å²) in [7, 11) is 0.